The predicted octanol–water partition coefficient (Wildman–Crippen LogP) is 4.68. The second-order valence-electron chi connectivity index (χ2n) is 6.10. The molecule has 1 amide bonds. The summed E-state index contributed by atoms with van der Waals surface area (Å²) >= 11 is 0. The number of ketones is 1. The summed E-state index contributed by atoms with van der Waals surface area (Å²) in [5, 5.41) is 5.99. The number of Topliss-reactive ketones (excluding diaryl/α,β-unsaturated/α-hetero) is 1. The summed E-state index contributed by atoms with van der Waals surface area (Å²) in [4.78, 5) is 27.8. The van der Waals surface area contributed by atoms with E-state index in [-0.39, 0.29) is 11.7 Å². The zero-order valence-corrected chi connectivity index (χ0v) is 15.7. The Labute approximate surface area is 163 Å². The van der Waals surface area contributed by atoms with Gasteiger partial charge in [0, 0.05) is 16.9 Å². The molecule has 6 heteroatoms. The van der Waals surface area contributed by atoms with Crippen molar-refractivity contribution in [2.45, 2.75) is 13.8 Å². The third-order valence-electron chi connectivity index (χ3n) is 4.00. The van der Waals surface area contributed by atoms with E-state index in [1.165, 1.54) is 6.92 Å². The molecule has 0 atom stereocenters. The van der Waals surface area contributed by atoms with Crippen LogP contribution in [0.15, 0.2) is 66.9 Å². The molecule has 2 N–H and O–H groups in total. The number of hydrogen-bond acceptors (Lipinski definition) is 5. The highest BCUT2D eigenvalue weighted by atomic mass is 16.5. The van der Waals surface area contributed by atoms with Gasteiger partial charge in [-0.05, 0) is 74.5 Å². The average molecular weight is 375 g/mol. The SMILES string of the molecule is CCOc1ccc(Nc2ccc(C(=O)Nc3ccc(C(C)=O)cc3)nc2)cc1. The van der Waals surface area contributed by atoms with E-state index in [1.807, 2.05) is 31.2 Å². The van der Waals surface area contributed by atoms with Gasteiger partial charge < -0.3 is 15.4 Å². The Hall–Kier alpha value is -3.67. The van der Waals surface area contributed by atoms with Crippen molar-refractivity contribution in [1.82, 2.24) is 4.98 Å². The first-order valence-electron chi connectivity index (χ1n) is 8.93. The maximum Gasteiger partial charge on any atom is 0.274 e. The first-order chi connectivity index (χ1) is 13.5. The van der Waals surface area contributed by atoms with Crippen molar-refractivity contribution < 1.29 is 14.3 Å². The van der Waals surface area contributed by atoms with Gasteiger partial charge in [-0.2, -0.15) is 0 Å². The van der Waals surface area contributed by atoms with Crippen molar-refractivity contribution in [3.8, 4) is 5.75 Å². The van der Waals surface area contributed by atoms with Gasteiger partial charge in [0.1, 0.15) is 11.4 Å². The van der Waals surface area contributed by atoms with E-state index in [1.54, 1.807) is 42.6 Å². The van der Waals surface area contributed by atoms with Crippen molar-refractivity contribution in [3.63, 3.8) is 0 Å². The summed E-state index contributed by atoms with van der Waals surface area (Å²) in [5.74, 6) is 0.480. The van der Waals surface area contributed by atoms with Crippen LogP contribution in [0.2, 0.25) is 0 Å². The van der Waals surface area contributed by atoms with Gasteiger partial charge in [-0.1, -0.05) is 0 Å². The number of nitrogens with zero attached hydrogens (tertiary/aromatic N) is 1. The van der Waals surface area contributed by atoms with Gasteiger partial charge in [0.2, 0.25) is 0 Å². The molecular weight excluding hydrogens is 354 g/mol. The molecular formula is C22H21N3O3. The molecule has 1 aromatic heterocycles. The highest BCUT2D eigenvalue weighted by molar-refractivity contribution is 6.03. The summed E-state index contributed by atoms with van der Waals surface area (Å²) in [6.07, 6.45) is 1.60. The van der Waals surface area contributed by atoms with Gasteiger partial charge in [-0.25, -0.2) is 4.98 Å². The van der Waals surface area contributed by atoms with Crippen LogP contribution in [0, 0.1) is 0 Å². The van der Waals surface area contributed by atoms with E-state index in [4.69, 9.17) is 4.74 Å². The molecule has 142 valence electrons. The number of amides is 1. The summed E-state index contributed by atoms with van der Waals surface area (Å²) in [6, 6.07) is 17.8. The molecule has 2 aromatic carbocycles. The highest BCUT2D eigenvalue weighted by Gasteiger charge is 2.08. The average Bonchev–Trinajstić information content (AvgIpc) is 2.70. The minimum Gasteiger partial charge on any atom is -0.494 e. The number of benzene rings is 2. The van der Waals surface area contributed by atoms with E-state index in [2.05, 4.69) is 15.6 Å². The molecule has 0 bridgehead atoms. The second-order valence-corrected chi connectivity index (χ2v) is 6.10. The lowest BCUT2D eigenvalue weighted by Crippen LogP contribution is -2.13. The van der Waals surface area contributed by atoms with Crippen LogP contribution < -0.4 is 15.4 Å². The smallest absolute Gasteiger partial charge is 0.274 e. The fraction of sp³-hybridized carbons (Fsp3) is 0.136. The third-order valence-corrected chi connectivity index (χ3v) is 4.00. The van der Waals surface area contributed by atoms with Crippen molar-refractivity contribution in [2.24, 2.45) is 0 Å². The molecule has 0 unspecified atom stereocenters. The number of nitrogens with one attached hydrogen (secondary N) is 2. The highest BCUT2D eigenvalue weighted by Crippen LogP contribution is 2.20. The molecule has 0 spiro atoms. The van der Waals surface area contributed by atoms with Crippen LogP contribution in [0.25, 0.3) is 0 Å². The fourth-order valence-electron chi connectivity index (χ4n) is 2.55. The van der Waals surface area contributed by atoms with E-state index < -0.39 is 0 Å². The van der Waals surface area contributed by atoms with Crippen LogP contribution in [0.4, 0.5) is 17.1 Å². The molecule has 3 aromatic rings. The molecule has 1 heterocycles. The lowest BCUT2D eigenvalue weighted by atomic mass is 10.1. The number of aromatic nitrogens is 1. The zero-order valence-electron chi connectivity index (χ0n) is 15.7. The minimum atomic E-state index is -0.316. The third kappa shape index (κ3) is 4.94. The van der Waals surface area contributed by atoms with Crippen LogP contribution in [-0.2, 0) is 0 Å². The number of pyridine rings is 1. The van der Waals surface area contributed by atoms with Gasteiger partial charge >= 0.3 is 0 Å². The van der Waals surface area contributed by atoms with Crippen LogP contribution >= 0.6 is 0 Å². The Balaban J connectivity index is 1.61. The summed E-state index contributed by atoms with van der Waals surface area (Å²) in [6.45, 7) is 4.07. The number of ether oxygens (including phenoxy) is 1. The molecule has 0 aliphatic rings. The van der Waals surface area contributed by atoms with E-state index >= 15 is 0 Å². The Morgan fingerprint density at radius 2 is 1.54 bits per heavy atom. The van der Waals surface area contributed by atoms with Gasteiger partial charge in [0.25, 0.3) is 5.91 Å². The van der Waals surface area contributed by atoms with Gasteiger partial charge in [-0.15, -0.1) is 0 Å². The van der Waals surface area contributed by atoms with Crippen LogP contribution in [0.1, 0.15) is 34.7 Å². The van der Waals surface area contributed by atoms with Crippen molar-refractivity contribution in [2.75, 3.05) is 17.2 Å². The van der Waals surface area contributed by atoms with E-state index in [0.29, 0.717) is 23.6 Å². The number of anilines is 3. The quantitative estimate of drug-likeness (QED) is 0.586. The molecule has 0 radical (unpaired) electrons. The first-order valence-corrected chi connectivity index (χ1v) is 8.93. The molecule has 0 fully saturated rings. The van der Waals surface area contributed by atoms with E-state index in [9.17, 15) is 9.59 Å². The van der Waals surface area contributed by atoms with Gasteiger partial charge in [-0.3, -0.25) is 9.59 Å². The van der Waals surface area contributed by atoms with Gasteiger partial charge in [0.15, 0.2) is 5.78 Å². The normalized spacial score (nSPS) is 10.2. The zero-order chi connectivity index (χ0) is 19.9. The molecule has 0 saturated heterocycles. The maximum atomic E-state index is 12.3. The Morgan fingerprint density at radius 3 is 2.11 bits per heavy atom. The molecule has 6 nitrogen and oxygen atoms in total. The monoisotopic (exact) mass is 375 g/mol. The van der Waals surface area contributed by atoms with Crippen LogP contribution in [0.3, 0.4) is 0 Å². The topological polar surface area (TPSA) is 80.3 Å². The largest absolute Gasteiger partial charge is 0.494 e. The van der Waals surface area contributed by atoms with Crippen molar-refractivity contribution >= 4 is 28.8 Å². The Bertz CT molecular complexity index is 950. The fourth-order valence-corrected chi connectivity index (χ4v) is 2.55. The molecule has 0 aliphatic carbocycles. The van der Waals surface area contributed by atoms with Crippen molar-refractivity contribution in [1.29, 1.82) is 0 Å². The van der Waals surface area contributed by atoms with E-state index in [0.717, 1.165) is 17.1 Å². The number of rotatable bonds is 7. The Kier molecular flexibility index (Phi) is 6.01. The van der Waals surface area contributed by atoms with Crippen LogP contribution in [-0.4, -0.2) is 23.3 Å². The molecule has 0 aliphatic heterocycles. The predicted molar refractivity (Wildman–Crippen MR) is 110 cm³/mol. The summed E-state index contributed by atoms with van der Waals surface area (Å²) in [7, 11) is 0. The second kappa shape index (κ2) is 8.81. The van der Waals surface area contributed by atoms with Crippen molar-refractivity contribution in [3.05, 3.63) is 78.1 Å². The standard InChI is InChI=1S/C22H21N3O3/c1-3-28-20-11-8-17(9-12-20)24-19-10-13-21(23-14-19)22(27)25-18-6-4-16(5-7-18)15(2)26/h4-14,24H,3H2,1-2H3,(H,25,27). The molecule has 28 heavy (non-hydrogen) atoms. The first kappa shape index (κ1) is 19.1. The van der Waals surface area contributed by atoms with Gasteiger partial charge in [0.05, 0.1) is 18.5 Å². The van der Waals surface area contributed by atoms with Crippen LogP contribution in [0.5, 0.6) is 5.75 Å². The molecule has 0 saturated carbocycles. The molecule has 3 rings (SSSR count). The minimum absolute atomic E-state index is 0.0184. The number of carbonyl (C=O) groups is 2. The Morgan fingerprint density at radius 1 is 0.893 bits per heavy atom. The summed E-state index contributed by atoms with van der Waals surface area (Å²) < 4.78 is 5.42. The number of carbonyl (C=O) groups excluding carboxylic acids is 2. The maximum absolute atomic E-state index is 12.3. The lowest BCUT2D eigenvalue weighted by molar-refractivity contribution is 0.101. The number of hydrogen-bond donors (Lipinski definition) is 2. The lowest BCUT2D eigenvalue weighted by Gasteiger charge is -2.09. The summed E-state index contributed by atoms with van der Waals surface area (Å²) in [5.41, 5.74) is 3.17.